The minimum atomic E-state index is -0.590. The Labute approximate surface area is 145 Å². The molecule has 1 fully saturated rings. The van der Waals surface area contributed by atoms with Gasteiger partial charge in [0.05, 0.1) is 18.2 Å². The van der Waals surface area contributed by atoms with Crippen LogP contribution in [-0.2, 0) is 4.74 Å². The van der Waals surface area contributed by atoms with E-state index in [1.165, 1.54) is 18.2 Å². The Kier molecular flexibility index (Phi) is 5.09. The Bertz CT molecular complexity index is 801. The average molecular weight is 342 g/mol. The fraction of sp³-hybridized carbons (Fsp3) is 0.263. The van der Waals surface area contributed by atoms with E-state index in [4.69, 9.17) is 4.74 Å². The largest absolute Gasteiger partial charge is 0.379 e. The molecule has 3 rings (SSSR count). The molecule has 0 aliphatic carbocycles. The molecule has 2 amide bonds. The number of benzene rings is 2. The van der Waals surface area contributed by atoms with Crippen molar-refractivity contribution >= 4 is 17.5 Å². The van der Waals surface area contributed by atoms with Crippen LogP contribution in [0, 0.1) is 12.7 Å². The third-order valence-electron chi connectivity index (χ3n) is 4.13. The molecule has 1 aliphatic rings. The van der Waals surface area contributed by atoms with Gasteiger partial charge in [0.25, 0.3) is 11.8 Å². The zero-order chi connectivity index (χ0) is 17.8. The molecule has 0 radical (unpaired) electrons. The SMILES string of the molecule is Cc1ccc(C(=O)N[C@@H]2CCOC2)cc1NC(=O)c1ccccc1F. The maximum absolute atomic E-state index is 13.7. The van der Waals surface area contributed by atoms with Gasteiger partial charge in [0.2, 0.25) is 0 Å². The number of ether oxygens (including phenoxy) is 1. The summed E-state index contributed by atoms with van der Waals surface area (Å²) in [4.78, 5) is 24.6. The maximum atomic E-state index is 13.7. The highest BCUT2D eigenvalue weighted by atomic mass is 19.1. The molecule has 5 nitrogen and oxygen atoms in total. The summed E-state index contributed by atoms with van der Waals surface area (Å²) in [7, 11) is 0. The van der Waals surface area contributed by atoms with Crippen molar-refractivity contribution in [3.8, 4) is 0 Å². The lowest BCUT2D eigenvalue weighted by atomic mass is 10.1. The van der Waals surface area contributed by atoms with Crippen LogP contribution in [0.2, 0.25) is 0 Å². The maximum Gasteiger partial charge on any atom is 0.258 e. The molecule has 1 atom stereocenters. The molecule has 0 spiro atoms. The van der Waals surface area contributed by atoms with E-state index in [0.717, 1.165) is 12.0 Å². The second-order valence-corrected chi connectivity index (χ2v) is 6.00. The first-order valence-corrected chi connectivity index (χ1v) is 8.10. The van der Waals surface area contributed by atoms with Gasteiger partial charge in [-0.05, 0) is 43.2 Å². The van der Waals surface area contributed by atoms with Crippen LogP contribution in [0.3, 0.4) is 0 Å². The first-order valence-electron chi connectivity index (χ1n) is 8.10. The molecular formula is C19H19FN2O3. The number of nitrogens with one attached hydrogen (secondary N) is 2. The van der Waals surface area contributed by atoms with Gasteiger partial charge in [0, 0.05) is 17.9 Å². The van der Waals surface area contributed by atoms with Crippen LogP contribution >= 0.6 is 0 Å². The topological polar surface area (TPSA) is 67.4 Å². The molecule has 1 saturated heterocycles. The number of rotatable bonds is 4. The third-order valence-corrected chi connectivity index (χ3v) is 4.13. The Morgan fingerprint density at radius 2 is 1.96 bits per heavy atom. The van der Waals surface area contributed by atoms with E-state index in [2.05, 4.69) is 10.6 Å². The lowest BCUT2D eigenvalue weighted by molar-refractivity contribution is 0.0928. The monoisotopic (exact) mass is 342 g/mol. The molecule has 1 heterocycles. The van der Waals surface area contributed by atoms with Crippen molar-refractivity contribution in [3.63, 3.8) is 0 Å². The second-order valence-electron chi connectivity index (χ2n) is 6.00. The van der Waals surface area contributed by atoms with Crippen LogP contribution in [0.5, 0.6) is 0 Å². The van der Waals surface area contributed by atoms with Crippen molar-refractivity contribution in [1.29, 1.82) is 0 Å². The van der Waals surface area contributed by atoms with E-state index in [-0.39, 0.29) is 17.5 Å². The summed E-state index contributed by atoms with van der Waals surface area (Å²) in [5.74, 6) is -1.37. The van der Waals surface area contributed by atoms with Crippen LogP contribution in [0.25, 0.3) is 0 Å². The third kappa shape index (κ3) is 4.03. The predicted octanol–water partition coefficient (Wildman–Crippen LogP) is 2.91. The zero-order valence-electron chi connectivity index (χ0n) is 13.8. The lowest BCUT2D eigenvalue weighted by Crippen LogP contribution is -2.35. The summed E-state index contributed by atoms with van der Waals surface area (Å²) < 4.78 is 19.0. The van der Waals surface area contributed by atoms with Gasteiger partial charge in [-0.1, -0.05) is 18.2 Å². The first-order chi connectivity index (χ1) is 12.0. The molecule has 2 N–H and O–H groups in total. The van der Waals surface area contributed by atoms with Crippen LogP contribution in [-0.4, -0.2) is 31.1 Å². The highest BCUT2D eigenvalue weighted by molar-refractivity contribution is 6.05. The van der Waals surface area contributed by atoms with Crippen molar-refractivity contribution in [2.24, 2.45) is 0 Å². The predicted molar refractivity (Wildman–Crippen MR) is 92.2 cm³/mol. The van der Waals surface area contributed by atoms with Crippen molar-refractivity contribution in [3.05, 3.63) is 65.0 Å². The van der Waals surface area contributed by atoms with E-state index in [1.54, 1.807) is 24.3 Å². The second kappa shape index (κ2) is 7.44. The zero-order valence-corrected chi connectivity index (χ0v) is 13.8. The smallest absolute Gasteiger partial charge is 0.258 e. The standard InChI is InChI=1S/C19H19FN2O3/c1-12-6-7-13(18(23)21-14-8-9-25-11-14)10-17(12)22-19(24)15-4-2-3-5-16(15)20/h2-7,10,14H,8-9,11H2,1H3,(H,21,23)(H,22,24)/t14-/m1/s1. The van der Waals surface area contributed by atoms with Crippen LogP contribution in [0.1, 0.15) is 32.7 Å². The Morgan fingerprint density at radius 3 is 2.68 bits per heavy atom. The number of hydrogen-bond acceptors (Lipinski definition) is 3. The Hall–Kier alpha value is -2.73. The van der Waals surface area contributed by atoms with Gasteiger partial charge >= 0.3 is 0 Å². The quantitative estimate of drug-likeness (QED) is 0.898. The lowest BCUT2D eigenvalue weighted by Gasteiger charge is -2.13. The van der Waals surface area contributed by atoms with Crippen molar-refractivity contribution in [2.45, 2.75) is 19.4 Å². The molecule has 0 saturated carbocycles. The van der Waals surface area contributed by atoms with Crippen molar-refractivity contribution in [2.75, 3.05) is 18.5 Å². The van der Waals surface area contributed by atoms with Crippen molar-refractivity contribution in [1.82, 2.24) is 5.32 Å². The Morgan fingerprint density at radius 1 is 1.16 bits per heavy atom. The van der Waals surface area contributed by atoms with Gasteiger partial charge in [0.15, 0.2) is 0 Å². The molecule has 6 heteroatoms. The van der Waals surface area contributed by atoms with Gasteiger partial charge in [-0.15, -0.1) is 0 Å². The van der Waals surface area contributed by atoms with Gasteiger partial charge < -0.3 is 15.4 Å². The molecule has 0 aromatic heterocycles. The highest BCUT2D eigenvalue weighted by Crippen LogP contribution is 2.19. The number of amides is 2. The molecular weight excluding hydrogens is 323 g/mol. The minimum absolute atomic E-state index is 0.00487. The summed E-state index contributed by atoms with van der Waals surface area (Å²) in [6.07, 6.45) is 0.786. The van der Waals surface area contributed by atoms with Gasteiger partial charge in [-0.2, -0.15) is 0 Å². The number of carbonyl (C=O) groups is 2. The number of aryl methyl sites for hydroxylation is 1. The molecule has 0 bridgehead atoms. The molecule has 25 heavy (non-hydrogen) atoms. The van der Waals surface area contributed by atoms with Gasteiger partial charge in [0.1, 0.15) is 5.82 Å². The van der Waals surface area contributed by atoms with Crippen LogP contribution in [0.4, 0.5) is 10.1 Å². The average Bonchev–Trinajstić information content (AvgIpc) is 3.10. The molecule has 130 valence electrons. The highest BCUT2D eigenvalue weighted by Gasteiger charge is 2.19. The Balaban J connectivity index is 1.76. The number of anilines is 1. The van der Waals surface area contributed by atoms with E-state index in [9.17, 15) is 14.0 Å². The normalized spacial score (nSPS) is 16.5. The number of halogens is 1. The molecule has 2 aromatic rings. The number of carbonyl (C=O) groups excluding carboxylic acids is 2. The molecule has 2 aromatic carbocycles. The summed E-state index contributed by atoms with van der Waals surface area (Å²) in [6.45, 7) is 2.96. The fourth-order valence-electron chi connectivity index (χ4n) is 2.65. The molecule has 0 unspecified atom stereocenters. The van der Waals surface area contributed by atoms with E-state index in [0.29, 0.717) is 24.5 Å². The van der Waals surface area contributed by atoms with Gasteiger partial charge in [-0.25, -0.2) is 4.39 Å². The summed E-state index contributed by atoms with van der Waals surface area (Å²) >= 11 is 0. The number of hydrogen-bond donors (Lipinski definition) is 2. The molecule has 1 aliphatic heterocycles. The van der Waals surface area contributed by atoms with E-state index < -0.39 is 11.7 Å². The first kappa shape index (κ1) is 17.1. The minimum Gasteiger partial charge on any atom is -0.379 e. The summed E-state index contributed by atoms with van der Waals surface area (Å²) in [5, 5.41) is 5.57. The van der Waals surface area contributed by atoms with Gasteiger partial charge in [-0.3, -0.25) is 9.59 Å². The van der Waals surface area contributed by atoms with Crippen LogP contribution < -0.4 is 10.6 Å². The van der Waals surface area contributed by atoms with Crippen molar-refractivity contribution < 1.29 is 18.7 Å². The van der Waals surface area contributed by atoms with E-state index >= 15 is 0 Å². The summed E-state index contributed by atoms with van der Waals surface area (Å²) in [5.41, 5.74) is 1.65. The van der Waals surface area contributed by atoms with Crippen LogP contribution in [0.15, 0.2) is 42.5 Å². The summed E-state index contributed by atoms with van der Waals surface area (Å²) in [6, 6.07) is 10.8. The van der Waals surface area contributed by atoms with E-state index in [1.807, 2.05) is 6.92 Å². The fourth-order valence-corrected chi connectivity index (χ4v) is 2.65.